The highest BCUT2D eigenvalue weighted by Gasteiger charge is 2.24. The number of benzene rings is 1. The van der Waals surface area contributed by atoms with Crippen LogP contribution in [0.25, 0.3) is 10.2 Å². The Bertz CT molecular complexity index is 1100. The van der Waals surface area contributed by atoms with Gasteiger partial charge in [0.25, 0.3) is 5.91 Å². The molecule has 0 saturated carbocycles. The van der Waals surface area contributed by atoms with Gasteiger partial charge in [-0.15, -0.1) is 11.3 Å². The van der Waals surface area contributed by atoms with E-state index in [1.165, 1.54) is 25.6 Å². The second kappa shape index (κ2) is 7.80. The topological polar surface area (TPSA) is 73.3 Å². The van der Waals surface area contributed by atoms with Crippen molar-refractivity contribution in [2.45, 2.75) is 40.0 Å². The Morgan fingerprint density at radius 3 is 2.34 bits per heavy atom. The van der Waals surface area contributed by atoms with Gasteiger partial charge in [0.15, 0.2) is 0 Å². The number of amides is 1. The molecule has 154 valence electrons. The van der Waals surface area contributed by atoms with Crippen LogP contribution in [0.3, 0.4) is 0 Å². The number of aromatic nitrogens is 2. The van der Waals surface area contributed by atoms with Crippen LogP contribution < -0.4 is 14.8 Å². The highest BCUT2D eigenvalue weighted by molar-refractivity contribution is 7.20. The molecule has 2 heterocycles. The maximum Gasteiger partial charge on any atom is 0.266 e. The Kier molecular flexibility index (Phi) is 5.74. The smallest absolute Gasteiger partial charge is 0.266 e. The van der Waals surface area contributed by atoms with Gasteiger partial charge in [-0.3, -0.25) is 4.79 Å². The maximum absolute atomic E-state index is 13.1. The molecule has 0 atom stereocenters. The van der Waals surface area contributed by atoms with Gasteiger partial charge in [-0.1, -0.05) is 32.4 Å². The summed E-state index contributed by atoms with van der Waals surface area (Å²) in [6, 6.07) is 3.25. The number of carbonyl (C=O) groups excluding carboxylic acids is 1. The number of ether oxygens (including phenoxy) is 2. The van der Waals surface area contributed by atoms with Gasteiger partial charge in [0.1, 0.15) is 22.2 Å². The van der Waals surface area contributed by atoms with Gasteiger partial charge >= 0.3 is 0 Å². The van der Waals surface area contributed by atoms with Crippen molar-refractivity contribution in [3.05, 3.63) is 39.1 Å². The molecule has 3 rings (SSSR count). The van der Waals surface area contributed by atoms with Crippen molar-refractivity contribution in [1.82, 2.24) is 9.97 Å². The number of hydrogen-bond acceptors (Lipinski definition) is 6. The monoisotopic (exact) mass is 433 g/mol. The lowest BCUT2D eigenvalue weighted by Crippen LogP contribution is -2.16. The summed E-state index contributed by atoms with van der Waals surface area (Å²) < 4.78 is 10.6. The van der Waals surface area contributed by atoms with Crippen LogP contribution in [0, 0.1) is 13.8 Å². The van der Waals surface area contributed by atoms with Crippen LogP contribution in [0.2, 0.25) is 5.02 Å². The molecule has 3 aromatic rings. The van der Waals surface area contributed by atoms with Crippen LogP contribution in [0.15, 0.2) is 12.1 Å². The Labute approximate surface area is 179 Å². The van der Waals surface area contributed by atoms with Gasteiger partial charge in [-0.2, -0.15) is 0 Å². The van der Waals surface area contributed by atoms with E-state index in [2.05, 4.69) is 31.1 Å². The molecular weight excluding hydrogens is 410 g/mol. The average Bonchev–Trinajstić information content (AvgIpc) is 2.99. The summed E-state index contributed by atoms with van der Waals surface area (Å²) in [6.07, 6.45) is 0. The fourth-order valence-electron chi connectivity index (χ4n) is 3.03. The van der Waals surface area contributed by atoms with Crippen molar-refractivity contribution >= 4 is 44.7 Å². The number of nitrogens with zero attached hydrogens (tertiary/aromatic N) is 2. The molecule has 8 heteroatoms. The van der Waals surface area contributed by atoms with Gasteiger partial charge in [0, 0.05) is 22.9 Å². The van der Waals surface area contributed by atoms with E-state index in [1.54, 1.807) is 12.1 Å². The van der Waals surface area contributed by atoms with E-state index >= 15 is 0 Å². The molecule has 6 nitrogen and oxygen atoms in total. The number of aryl methyl sites for hydroxylation is 2. The third-order valence-electron chi connectivity index (χ3n) is 4.57. The summed E-state index contributed by atoms with van der Waals surface area (Å²) in [5.74, 6) is 1.42. The Hall–Kier alpha value is -2.38. The molecule has 0 bridgehead atoms. The van der Waals surface area contributed by atoms with Crippen molar-refractivity contribution in [1.29, 1.82) is 0 Å². The third kappa shape index (κ3) is 4.02. The number of hydrogen-bond donors (Lipinski definition) is 1. The molecule has 1 amide bonds. The van der Waals surface area contributed by atoms with Crippen molar-refractivity contribution in [2.24, 2.45) is 0 Å². The summed E-state index contributed by atoms with van der Waals surface area (Å²) in [4.78, 5) is 23.8. The summed E-state index contributed by atoms with van der Waals surface area (Å²) in [5, 5.41) is 4.23. The highest BCUT2D eigenvalue weighted by Crippen LogP contribution is 2.38. The summed E-state index contributed by atoms with van der Waals surface area (Å²) in [6.45, 7) is 10.1. The minimum Gasteiger partial charge on any atom is -0.495 e. The van der Waals surface area contributed by atoms with Crippen LogP contribution >= 0.6 is 22.9 Å². The van der Waals surface area contributed by atoms with Gasteiger partial charge < -0.3 is 14.8 Å². The van der Waals surface area contributed by atoms with Crippen molar-refractivity contribution in [2.75, 3.05) is 19.5 Å². The molecular formula is C21H24ClN3O3S. The van der Waals surface area contributed by atoms with E-state index in [0.717, 1.165) is 27.3 Å². The number of methoxy groups -OCH3 is 2. The van der Waals surface area contributed by atoms with Gasteiger partial charge in [-0.05, 0) is 19.4 Å². The lowest BCUT2D eigenvalue weighted by Gasteiger charge is -2.16. The fraction of sp³-hybridized carbons (Fsp3) is 0.381. The predicted octanol–water partition coefficient (Wildman–Crippen LogP) is 5.53. The number of fused-ring (bicyclic) bond motifs is 1. The average molecular weight is 434 g/mol. The van der Waals surface area contributed by atoms with Gasteiger partial charge in [-0.25, -0.2) is 9.97 Å². The van der Waals surface area contributed by atoms with Crippen molar-refractivity contribution in [3.63, 3.8) is 0 Å². The van der Waals surface area contributed by atoms with E-state index in [-0.39, 0.29) is 11.3 Å². The van der Waals surface area contributed by atoms with E-state index < -0.39 is 0 Å². The van der Waals surface area contributed by atoms with E-state index in [4.69, 9.17) is 26.1 Å². The number of thiophene rings is 1. The van der Waals surface area contributed by atoms with Crippen LogP contribution in [0.1, 0.15) is 47.5 Å². The van der Waals surface area contributed by atoms with Crippen LogP contribution in [-0.2, 0) is 5.41 Å². The molecule has 29 heavy (non-hydrogen) atoms. The lowest BCUT2D eigenvalue weighted by atomic mass is 9.95. The number of anilines is 1. The van der Waals surface area contributed by atoms with E-state index in [1.807, 2.05) is 13.8 Å². The number of halogens is 1. The molecule has 0 aliphatic rings. The minimum absolute atomic E-state index is 0.174. The highest BCUT2D eigenvalue weighted by atomic mass is 35.5. The van der Waals surface area contributed by atoms with Crippen molar-refractivity contribution < 1.29 is 14.3 Å². The number of carbonyl (C=O) groups is 1. The van der Waals surface area contributed by atoms with E-state index in [9.17, 15) is 4.79 Å². The Balaban J connectivity index is 2.04. The SMILES string of the molecule is COc1cc(NC(=O)c2sc3nc(C(C)(C)C)nc(C)c3c2C)c(OC)cc1Cl. The standard InChI is InChI=1S/C21H24ClN3O3S/c1-10-16-11(2)23-20(21(3,4)5)25-19(16)29-17(10)18(26)24-13-9-14(27-6)12(22)8-15(13)28-7/h8-9H,1-7H3,(H,24,26). The second-order valence-electron chi connectivity index (χ2n) is 7.76. The Morgan fingerprint density at radius 2 is 1.76 bits per heavy atom. The van der Waals surface area contributed by atoms with Crippen LogP contribution in [0.4, 0.5) is 5.69 Å². The first-order valence-corrected chi connectivity index (χ1v) is 10.3. The first kappa shape index (κ1) is 21.3. The molecule has 2 aromatic heterocycles. The quantitative estimate of drug-likeness (QED) is 0.585. The summed E-state index contributed by atoms with van der Waals surface area (Å²) in [5.41, 5.74) is 2.04. The molecule has 0 fully saturated rings. The zero-order chi connectivity index (χ0) is 21.5. The number of rotatable bonds is 4. The number of nitrogens with one attached hydrogen (secondary N) is 1. The molecule has 0 saturated heterocycles. The summed E-state index contributed by atoms with van der Waals surface area (Å²) >= 11 is 7.51. The maximum atomic E-state index is 13.1. The fourth-order valence-corrected chi connectivity index (χ4v) is 4.39. The minimum atomic E-state index is -0.245. The first-order chi connectivity index (χ1) is 13.6. The zero-order valence-corrected chi connectivity index (χ0v) is 19.1. The molecule has 0 aliphatic heterocycles. The van der Waals surface area contributed by atoms with Gasteiger partial charge in [0.05, 0.1) is 35.5 Å². The summed E-state index contributed by atoms with van der Waals surface area (Å²) in [7, 11) is 3.04. The van der Waals surface area contributed by atoms with Crippen molar-refractivity contribution in [3.8, 4) is 11.5 Å². The molecule has 0 spiro atoms. The Morgan fingerprint density at radius 1 is 1.10 bits per heavy atom. The molecule has 0 unspecified atom stereocenters. The largest absolute Gasteiger partial charge is 0.495 e. The van der Waals surface area contributed by atoms with Crippen LogP contribution in [0.5, 0.6) is 11.5 Å². The third-order valence-corrected chi connectivity index (χ3v) is 6.05. The first-order valence-electron chi connectivity index (χ1n) is 9.08. The molecule has 1 aromatic carbocycles. The predicted molar refractivity (Wildman–Crippen MR) is 118 cm³/mol. The van der Waals surface area contributed by atoms with Gasteiger partial charge in [0.2, 0.25) is 0 Å². The molecule has 1 N–H and O–H groups in total. The normalized spacial score (nSPS) is 11.6. The lowest BCUT2D eigenvalue weighted by molar-refractivity contribution is 0.102. The zero-order valence-electron chi connectivity index (χ0n) is 17.6. The second-order valence-corrected chi connectivity index (χ2v) is 9.17. The van der Waals surface area contributed by atoms with Crippen LogP contribution in [-0.4, -0.2) is 30.1 Å². The molecule has 0 radical (unpaired) electrons. The molecule has 0 aliphatic carbocycles. The van der Waals surface area contributed by atoms with E-state index in [0.29, 0.717) is 27.1 Å².